The normalized spacial score (nSPS) is 20.2. The summed E-state index contributed by atoms with van der Waals surface area (Å²) in [5, 5.41) is 3.68. The van der Waals surface area contributed by atoms with Crippen molar-refractivity contribution in [2.24, 2.45) is 0 Å². The second-order valence-electron chi connectivity index (χ2n) is 6.68. The summed E-state index contributed by atoms with van der Waals surface area (Å²) >= 11 is 0. The molecule has 108 valence electrons. The first-order valence-electron chi connectivity index (χ1n) is 8.27. The van der Waals surface area contributed by atoms with Crippen molar-refractivity contribution in [3.63, 3.8) is 0 Å². The van der Waals surface area contributed by atoms with Gasteiger partial charge in [-0.3, -0.25) is 0 Å². The van der Waals surface area contributed by atoms with Gasteiger partial charge in [0.1, 0.15) is 0 Å². The average molecular weight is 277 g/mol. The van der Waals surface area contributed by atoms with Crippen LogP contribution in [0.1, 0.15) is 43.2 Å². The Morgan fingerprint density at radius 2 is 1.62 bits per heavy atom. The first-order chi connectivity index (χ1) is 10.4. The highest BCUT2D eigenvalue weighted by Gasteiger charge is 2.37. The number of hydrogen-bond donors (Lipinski definition) is 1. The molecule has 1 saturated carbocycles. The van der Waals surface area contributed by atoms with Gasteiger partial charge >= 0.3 is 0 Å². The molecule has 1 N–H and O–H groups in total. The lowest BCUT2D eigenvalue weighted by Crippen LogP contribution is -2.44. The van der Waals surface area contributed by atoms with Crippen molar-refractivity contribution in [2.75, 3.05) is 6.54 Å². The van der Waals surface area contributed by atoms with E-state index in [0.717, 1.165) is 6.54 Å². The van der Waals surface area contributed by atoms with Gasteiger partial charge in [0.15, 0.2) is 0 Å². The monoisotopic (exact) mass is 277 g/mol. The minimum atomic E-state index is 0.418. The Balaban J connectivity index is 1.75. The third-order valence-electron chi connectivity index (χ3n) is 5.37. The van der Waals surface area contributed by atoms with Crippen LogP contribution < -0.4 is 5.32 Å². The number of fused-ring (bicyclic) bond motifs is 2. The van der Waals surface area contributed by atoms with E-state index in [2.05, 4.69) is 53.8 Å². The van der Waals surface area contributed by atoms with Gasteiger partial charge in [-0.1, -0.05) is 61.7 Å². The fourth-order valence-electron chi connectivity index (χ4n) is 4.27. The summed E-state index contributed by atoms with van der Waals surface area (Å²) in [5.74, 6) is 0. The quantitative estimate of drug-likeness (QED) is 0.799. The summed E-state index contributed by atoms with van der Waals surface area (Å²) in [7, 11) is 0. The number of nitrogens with one attached hydrogen (secondary N) is 1. The first-order valence-corrected chi connectivity index (χ1v) is 8.27. The maximum absolute atomic E-state index is 3.68. The van der Waals surface area contributed by atoms with Gasteiger partial charge in [0.2, 0.25) is 0 Å². The van der Waals surface area contributed by atoms with Gasteiger partial charge in [0, 0.05) is 18.5 Å². The van der Waals surface area contributed by atoms with Crippen LogP contribution in [0.2, 0.25) is 0 Å². The molecule has 0 bridgehead atoms. The Morgan fingerprint density at radius 1 is 0.810 bits per heavy atom. The highest BCUT2D eigenvalue weighted by Crippen LogP contribution is 2.43. The van der Waals surface area contributed by atoms with Crippen molar-refractivity contribution < 1.29 is 0 Å². The molecule has 4 rings (SSSR count). The van der Waals surface area contributed by atoms with E-state index in [4.69, 9.17) is 0 Å². The lowest BCUT2D eigenvalue weighted by atomic mass is 9.66. The highest BCUT2D eigenvalue weighted by atomic mass is 14.9. The standard InChI is InChI=1S/C20H23N/c1-3-7-16(8-4-1)17-9-10-19-18(13-17)14-21-15-20(19)11-5-2-6-12-20/h1,3-4,7-10,13,21H,2,5-6,11-12,14-15H2. The summed E-state index contributed by atoms with van der Waals surface area (Å²) in [5.41, 5.74) is 6.24. The van der Waals surface area contributed by atoms with Crippen LogP contribution in [0, 0.1) is 0 Å². The number of hydrogen-bond acceptors (Lipinski definition) is 1. The van der Waals surface area contributed by atoms with Crippen molar-refractivity contribution in [2.45, 2.75) is 44.1 Å². The van der Waals surface area contributed by atoms with Crippen molar-refractivity contribution in [3.8, 4) is 11.1 Å². The fraction of sp³-hybridized carbons (Fsp3) is 0.400. The molecule has 0 unspecified atom stereocenters. The van der Waals surface area contributed by atoms with Crippen molar-refractivity contribution in [3.05, 3.63) is 59.7 Å². The van der Waals surface area contributed by atoms with Crippen LogP contribution in [0.5, 0.6) is 0 Å². The summed E-state index contributed by atoms with van der Waals surface area (Å²) in [6.07, 6.45) is 6.91. The third kappa shape index (κ3) is 2.30. The minimum Gasteiger partial charge on any atom is -0.312 e. The minimum absolute atomic E-state index is 0.418. The molecule has 0 amide bonds. The number of benzene rings is 2. The van der Waals surface area contributed by atoms with Crippen LogP contribution in [0.25, 0.3) is 11.1 Å². The summed E-state index contributed by atoms with van der Waals surface area (Å²) < 4.78 is 0. The smallest absolute Gasteiger partial charge is 0.0209 e. The van der Waals surface area contributed by atoms with Crippen LogP contribution in [-0.2, 0) is 12.0 Å². The molecule has 0 atom stereocenters. The molecular formula is C20H23N. The zero-order chi connectivity index (χ0) is 14.1. The molecular weight excluding hydrogens is 254 g/mol. The number of rotatable bonds is 1. The molecule has 21 heavy (non-hydrogen) atoms. The molecule has 1 aliphatic heterocycles. The summed E-state index contributed by atoms with van der Waals surface area (Å²) in [6.45, 7) is 2.20. The molecule has 1 fully saturated rings. The Hall–Kier alpha value is -1.60. The van der Waals surface area contributed by atoms with Crippen molar-refractivity contribution in [1.29, 1.82) is 0 Å². The second-order valence-corrected chi connectivity index (χ2v) is 6.68. The molecule has 2 aromatic carbocycles. The van der Waals surface area contributed by atoms with Gasteiger partial charge in [0.25, 0.3) is 0 Å². The van der Waals surface area contributed by atoms with Crippen molar-refractivity contribution >= 4 is 0 Å². The van der Waals surface area contributed by atoms with E-state index in [1.54, 1.807) is 5.56 Å². The first kappa shape index (κ1) is 13.1. The maximum atomic E-state index is 3.68. The molecule has 0 radical (unpaired) electrons. The van der Waals surface area contributed by atoms with Gasteiger partial charge in [-0.05, 0) is 41.2 Å². The van der Waals surface area contributed by atoms with Crippen LogP contribution in [-0.4, -0.2) is 6.54 Å². The molecule has 1 nitrogen and oxygen atoms in total. The van der Waals surface area contributed by atoms with Crippen LogP contribution in [0.3, 0.4) is 0 Å². The van der Waals surface area contributed by atoms with E-state index in [1.165, 1.54) is 55.3 Å². The molecule has 1 aliphatic carbocycles. The predicted molar refractivity (Wildman–Crippen MR) is 88.3 cm³/mol. The molecule has 1 heteroatoms. The Kier molecular flexibility index (Phi) is 3.31. The Labute approximate surface area is 127 Å². The zero-order valence-electron chi connectivity index (χ0n) is 12.6. The lowest BCUT2D eigenvalue weighted by Gasteiger charge is -2.42. The van der Waals surface area contributed by atoms with E-state index in [1.807, 2.05) is 0 Å². The van der Waals surface area contributed by atoms with E-state index < -0.39 is 0 Å². The molecule has 0 saturated heterocycles. The fourth-order valence-corrected chi connectivity index (χ4v) is 4.27. The van der Waals surface area contributed by atoms with E-state index in [-0.39, 0.29) is 0 Å². The Bertz CT molecular complexity index is 624. The van der Waals surface area contributed by atoms with Crippen LogP contribution in [0.15, 0.2) is 48.5 Å². The predicted octanol–water partition coefficient (Wildman–Crippen LogP) is 4.66. The highest BCUT2D eigenvalue weighted by molar-refractivity contribution is 5.65. The van der Waals surface area contributed by atoms with Gasteiger partial charge in [-0.2, -0.15) is 0 Å². The molecule has 1 spiro atoms. The van der Waals surface area contributed by atoms with E-state index >= 15 is 0 Å². The van der Waals surface area contributed by atoms with Gasteiger partial charge in [-0.25, -0.2) is 0 Å². The molecule has 0 aromatic heterocycles. The van der Waals surface area contributed by atoms with Gasteiger partial charge < -0.3 is 5.32 Å². The maximum Gasteiger partial charge on any atom is 0.0209 e. The topological polar surface area (TPSA) is 12.0 Å². The van der Waals surface area contributed by atoms with Gasteiger partial charge in [-0.15, -0.1) is 0 Å². The molecule has 2 aromatic rings. The summed E-state index contributed by atoms with van der Waals surface area (Å²) in [4.78, 5) is 0. The van der Waals surface area contributed by atoms with Crippen LogP contribution in [0.4, 0.5) is 0 Å². The van der Waals surface area contributed by atoms with Crippen molar-refractivity contribution in [1.82, 2.24) is 5.32 Å². The zero-order valence-corrected chi connectivity index (χ0v) is 12.6. The average Bonchev–Trinajstić information content (AvgIpc) is 2.56. The molecule has 2 aliphatic rings. The van der Waals surface area contributed by atoms with Crippen LogP contribution >= 0.6 is 0 Å². The largest absolute Gasteiger partial charge is 0.312 e. The second kappa shape index (κ2) is 5.31. The van der Waals surface area contributed by atoms with E-state index in [9.17, 15) is 0 Å². The SMILES string of the molecule is c1ccc(-c2ccc3c(c2)CNCC32CCCCC2)cc1. The Morgan fingerprint density at radius 3 is 2.43 bits per heavy atom. The van der Waals surface area contributed by atoms with Gasteiger partial charge in [0.05, 0.1) is 0 Å². The molecule has 1 heterocycles. The third-order valence-corrected chi connectivity index (χ3v) is 5.37. The summed E-state index contributed by atoms with van der Waals surface area (Å²) in [6, 6.07) is 17.9. The van der Waals surface area contributed by atoms with E-state index in [0.29, 0.717) is 5.41 Å². The lowest BCUT2D eigenvalue weighted by molar-refractivity contribution is 0.265.